The van der Waals surface area contributed by atoms with Gasteiger partial charge in [-0.15, -0.1) is 0 Å². The summed E-state index contributed by atoms with van der Waals surface area (Å²) in [6, 6.07) is 11.9. The van der Waals surface area contributed by atoms with Crippen LogP contribution in [0.15, 0.2) is 48.5 Å². The fourth-order valence-electron chi connectivity index (χ4n) is 1.83. The molecule has 0 aromatic heterocycles. The number of benzene rings is 2. The van der Waals surface area contributed by atoms with Crippen molar-refractivity contribution in [1.29, 1.82) is 0 Å². The first kappa shape index (κ1) is 14.2. The van der Waals surface area contributed by atoms with Gasteiger partial charge in [0.2, 0.25) is 0 Å². The molecule has 2 aromatic carbocycles. The van der Waals surface area contributed by atoms with E-state index in [1.807, 2.05) is 0 Å². The topological polar surface area (TPSA) is 110 Å². The number of aromatic carboxylic acids is 1. The highest BCUT2D eigenvalue weighted by molar-refractivity contribution is 6.12. The summed E-state index contributed by atoms with van der Waals surface area (Å²) in [5.74, 6) is -2.25. The summed E-state index contributed by atoms with van der Waals surface area (Å²) >= 11 is 0. The van der Waals surface area contributed by atoms with Crippen molar-refractivity contribution in [1.82, 2.24) is 0 Å². The summed E-state index contributed by atoms with van der Waals surface area (Å²) in [7, 11) is 0. The molecule has 0 spiro atoms. The molecule has 0 saturated heterocycles. The van der Waals surface area contributed by atoms with Gasteiger partial charge in [-0.1, -0.05) is 24.3 Å². The molecule has 0 heterocycles. The summed E-state index contributed by atoms with van der Waals surface area (Å²) in [6.45, 7) is 0. The van der Waals surface area contributed by atoms with Gasteiger partial charge in [-0.05, 0) is 18.2 Å². The van der Waals surface area contributed by atoms with Crippen LogP contribution in [0.2, 0.25) is 0 Å². The lowest BCUT2D eigenvalue weighted by atomic mass is 10.0. The van der Waals surface area contributed by atoms with Crippen LogP contribution in [0.4, 0.5) is 11.4 Å². The van der Waals surface area contributed by atoms with Crippen LogP contribution < -0.4 is 5.32 Å². The van der Waals surface area contributed by atoms with Crippen LogP contribution in [-0.4, -0.2) is 21.9 Å². The van der Waals surface area contributed by atoms with Gasteiger partial charge in [-0.2, -0.15) is 0 Å². The van der Waals surface area contributed by atoms with E-state index in [1.54, 1.807) is 30.3 Å². The molecule has 2 rings (SSSR count). The molecule has 0 aliphatic rings. The Labute approximate surface area is 119 Å². The summed E-state index contributed by atoms with van der Waals surface area (Å²) in [5, 5.41) is 22.5. The number of anilines is 1. The average Bonchev–Trinajstić information content (AvgIpc) is 2.47. The van der Waals surface area contributed by atoms with Crippen LogP contribution in [0.1, 0.15) is 20.7 Å². The number of rotatable bonds is 4. The minimum Gasteiger partial charge on any atom is -0.477 e. The van der Waals surface area contributed by atoms with E-state index in [9.17, 15) is 19.7 Å². The number of carboxylic acid groups (broad SMARTS) is 1. The Morgan fingerprint density at radius 1 is 1.05 bits per heavy atom. The first-order valence-corrected chi connectivity index (χ1v) is 5.88. The molecule has 0 aliphatic carbocycles. The standard InChI is InChI=1S/C14H10N2O5/c17-13(15-9-5-2-1-3-6-9)10-7-4-8-11(16(20)21)12(10)14(18)19/h1-8H,(H,15,17)(H,18,19). The van der Waals surface area contributed by atoms with Crippen molar-refractivity contribution in [3.05, 3.63) is 69.8 Å². The number of hydrogen-bond acceptors (Lipinski definition) is 4. The van der Waals surface area contributed by atoms with Crippen LogP contribution in [0, 0.1) is 10.1 Å². The van der Waals surface area contributed by atoms with E-state index in [1.165, 1.54) is 12.1 Å². The Bertz CT molecular complexity index is 713. The van der Waals surface area contributed by atoms with Crippen molar-refractivity contribution in [2.24, 2.45) is 0 Å². The van der Waals surface area contributed by atoms with Crippen molar-refractivity contribution < 1.29 is 19.6 Å². The predicted octanol–water partition coefficient (Wildman–Crippen LogP) is 2.55. The lowest BCUT2D eigenvalue weighted by Crippen LogP contribution is -2.17. The Balaban J connectivity index is 2.44. The first-order valence-electron chi connectivity index (χ1n) is 5.88. The van der Waals surface area contributed by atoms with Gasteiger partial charge < -0.3 is 10.4 Å². The molecule has 21 heavy (non-hydrogen) atoms. The second kappa shape index (κ2) is 5.83. The molecular weight excluding hydrogens is 276 g/mol. The van der Waals surface area contributed by atoms with Crippen LogP contribution >= 0.6 is 0 Å². The molecule has 7 nitrogen and oxygen atoms in total. The second-order valence-corrected chi connectivity index (χ2v) is 4.08. The molecule has 0 unspecified atom stereocenters. The van der Waals surface area contributed by atoms with Gasteiger partial charge in [0.05, 0.1) is 10.5 Å². The highest BCUT2D eigenvalue weighted by Crippen LogP contribution is 2.23. The highest BCUT2D eigenvalue weighted by Gasteiger charge is 2.26. The number of carboxylic acids is 1. The fraction of sp³-hybridized carbons (Fsp3) is 0. The monoisotopic (exact) mass is 286 g/mol. The Morgan fingerprint density at radius 2 is 1.71 bits per heavy atom. The third-order valence-corrected chi connectivity index (χ3v) is 2.73. The van der Waals surface area contributed by atoms with Crippen molar-refractivity contribution in [2.45, 2.75) is 0 Å². The van der Waals surface area contributed by atoms with E-state index in [0.29, 0.717) is 5.69 Å². The van der Waals surface area contributed by atoms with Crippen molar-refractivity contribution >= 4 is 23.3 Å². The smallest absolute Gasteiger partial charge is 0.343 e. The van der Waals surface area contributed by atoms with E-state index in [4.69, 9.17) is 5.11 Å². The van der Waals surface area contributed by atoms with Crippen LogP contribution in [0.25, 0.3) is 0 Å². The van der Waals surface area contributed by atoms with Crippen molar-refractivity contribution in [3.63, 3.8) is 0 Å². The quantitative estimate of drug-likeness (QED) is 0.663. The predicted molar refractivity (Wildman–Crippen MR) is 74.5 cm³/mol. The number of hydrogen-bond donors (Lipinski definition) is 2. The van der Waals surface area contributed by atoms with Gasteiger partial charge in [-0.3, -0.25) is 14.9 Å². The molecule has 0 radical (unpaired) electrons. The molecule has 0 atom stereocenters. The van der Waals surface area contributed by atoms with E-state index in [-0.39, 0.29) is 5.56 Å². The number of nitro benzene ring substituents is 1. The minimum absolute atomic E-state index is 0.263. The van der Waals surface area contributed by atoms with Crippen molar-refractivity contribution in [2.75, 3.05) is 5.32 Å². The highest BCUT2D eigenvalue weighted by atomic mass is 16.6. The maximum absolute atomic E-state index is 12.1. The SMILES string of the molecule is O=C(Nc1ccccc1)c1cccc([N+](=O)[O-])c1C(=O)O. The molecule has 0 aliphatic heterocycles. The molecule has 0 saturated carbocycles. The molecule has 2 aromatic rings. The number of nitrogens with one attached hydrogen (secondary N) is 1. The first-order chi connectivity index (χ1) is 10.0. The minimum atomic E-state index is -1.53. The van der Waals surface area contributed by atoms with E-state index in [0.717, 1.165) is 6.07 Å². The van der Waals surface area contributed by atoms with Gasteiger partial charge in [0.1, 0.15) is 5.56 Å². The largest absolute Gasteiger partial charge is 0.477 e. The zero-order valence-corrected chi connectivity index (χ0v) is 10.6. The average molecular weight is 286 g/mol. The number of carbonyl (C=O) groups is 2. The molecular formula is C14H10N2O5. The van der Waals surface area contributed by atoms with Gasteiger partial charge in [-0.25, -0.2) is 4.79 Å². The number of amides is 1. The lowest BCUT2D eigenvalue weighted by Gasteiger charge is -2.08. The zero-order valence-electron chi connectivity index (χ0n) is 10.6. The van der Waals surface area contributed by atoms with Crippen LogP contribution in [-0.2, 0) is 0 Å². The summed E-state index contributed by atoms with van der Waals surface area (Å²) in [5.41, 5.74) is -1.05. The van der Waals surface area contributed by atoms with Gasteiger partial charge in [0, 0.05) is 11.8 Å². The molecule has 2 N–H and O–H groups in total. The molecule has 0 fully saturated rings. The van der Waals surface area contributed by atoms with E-state index < -0.39 is 28.1 Å². The zero-order chi connectivity index (χ0) is 15.4. The molecule has 7 heteroatoms. The summed E-state index contributed by atoms with van der Waals surface area (Å²) in [4.78, 5) is 33.4. The van der Waals surface area contributed by atoms with Gasteiger partial charge >= 0.3 is 5.97 Å². The molecule has 106 valence electrons. The third-order valence-electron chi connectivity index (χ3n) is 2.73. The summed E-state index contributed by atoms with van der Waals surface area (Å²) in [6.07, 6.45) is 0. The van der Waals surface area contributed by atoms with Crippen molar-refractivity contribution in [3.8, 4) is 0 Å². The summed E-state index contributed by atoms with van der Waals surface area (Å²) < 4.78 is 0. The third kappa shape index (κ3) is 3.03. The Morgan fingerprint density at radius 3 is 2.29 bits per heavy atom. The van der Waals surface area contributed by atoms with Crippen LogP contribution in [0.5, 0.6) is 0 Å². The maximum atomic E-state index is 12.1. The number of nitrogens with zero attached hydrogens (tertiary/aromatic N) is 1. The van der Waals surface area contributed by atoms with Gasteiger partial charge in [0.25, 0.3) is 11.6 Å². The molecule has 0 bridgehead atoms. The number of carbonyl (C=O) groups excluding carboxylic acids is 1. The van der Waals surface area contributed by atoms with Crippen LogP contribution in [0.3, 0.4) is 0 Å². The van der Waals surface area contributed by atoms with Gasteiger partial charge in [0.15, 0.2) is 0 Å². The Hall–Kier alpha value is -3.22. The van der Waals surface area contributed by atoms with E-state index >= 15 is 0 Å². The fourth-order valence-corrected chi connectivity index (χ4v) is 1.83. The maximum Gasteiger partial charge on any atom is 0.343 e. The lowest BCUT2D eigenvalue weighted by molar-refractivity contribution is -0.385. The number of nitro groups is 1. The molecule has 1 amide bonds. The number of para-hydroxylation sites is 1. The van der Waals surface area contributed by atoms with E-state index in [2.05, 4.69) is 5.32 Å². The Kier molecular flexibility index (Phi) is 3.94. The second-order valence-electron chi connectivity index (χ2n) is 4.08. The normalized spacial score (nSPS) is 9.90.